The van der Waals surface area contributed by atoms with E-state index >= 15 is 0 Å². The Morgan fingerprint density at radius 3 is 2.38 bits per heavy atom. The predicted molar refractivity (Wildman–Crippen MR) is 126 cm³/mol. The molecule has 0 aromatic heterocycles. The molecule has 6 nitrogen and oxygen atoms in total. The molecule has 1 N–H and O–H groups in total. The van der Waals surface area contributed by atoms with Crippen molar-refractivity contribution in [3.05, 3.63) is 42.0 Å². The van der Waals surface area contributed by atoms with Gasteiger partial charge in [-0.2, -0.15) is 0 Å². The molecule has 32 heavy (non-hydrogen) atoms. The summed E-state index contributed by atoms with van der Waals surface area (Å²) in [6.07, 6.45) is 11.1. The van der Waals surface area contributed by atoms with Crippen molar-refractivity contribution in [2.45, 2.75) is 50.5 Å². The first kappa shape index (κ1) is 23.0. The van der Waals surface area contributed by atoms with Crippen LogP contribution < -0.4 is 5.32 Å². The van der Waals surface area contributed by atoms with Crippen molar-refractivity contribution in [1.82, 2.24) is 15.1 Å². The standard InChI is InChI=1S/C26H37N3O3/c30-24(10-9-22-7-3-1-4-8-22)28-15-11-23(12-16-28)25(31)27-21-26(13-5-2-6-14-26)29-17-19-32-20-18-29/h1,3-4,7-10,23H,2,5-6,11-21H2,(H,27,31). The lowest BCUT2D eigenvalue weighted by atomic mass is 9.79. The summed E-state index contributed by atoms with van der Waals surface area (Å²) in [5.74, 6) is 0.193. The average Bonchev–Trinajstić information content (AvgIpc) is 2.87. The molecule has 1 aromatic carbocycles. The van der Waals surface area contributed by atoms with Crippen LogP contribution in [0.25, 0.3) is 6.08 Å². The van der Waals surface area contributed by atoms with Crippen LogP contribution in [0.15, 0.2) is 36.4 Å². The van der Waals surface area contributed by atoms with Crippen molar-refractivity contribution < 1.29 is 14.3 Å². The summed E-state index contributed by atoms with van der Waals surface area (Å²) in [4.78, 5) is 29.9. The summed E-state index contributed by atoms with van der Waals surface area (Å²) in [5.41, 5.74) is 1.11. The number of likely N-dealkylation sites (tertiary alicyclic amines) is 1. The Bertz CT molecular complexity index is 775. The maximum Gasteiger partial charge on any atom is 0.246 e. The molecule has 6 heteroatoms. The third kappa shape index (κ3) is 5.78. The molecule has 0 bridgehead atoms. The summed E-state index contributed by atoms with van der Waals surface area (Å²) in [6, 6.07) is 9.86. The van der Waals surface area contributed by atoms with Crippen molar-refractivity contribution in [1.29, 1.82) is 0 Å². The Morgan fingerprint density at radius 2 is 1.69 bits per heavy atom. The van der Waals surface area contributed by atoms with E-state index in [0.717, 1.165) is 64.1 Å². The number of amides is 2. The minimum Gasteiger partial charge on any atom is -0.379 e. The van der Waals surface area contributed by atoms with Gasteiger partial charge >= 0.3 is 0 Å². The zero-order valence-electron chi connectivity index (χ0n) is 19.1. The zero-order valence-corrected chi connectivity index (χ0v) is 19.1. The van der Waals surface area contributed by atoms with E-state index in [-0.39, 0.29) is 23.3 Å². The third-order valence-corrected chi connectivity index (χ3v) is 7.45. The second kappa shape index (κ2) is 11.1. The van der Waals surface area contributed by atoms with Gasteiger partial charge in [-0.05, 0) is 37.3 Å². The van der Waals surface area contributed by atoms with Crippen LogP contribution in [0.1, 0.15) is 50.5 Å². The van der Waals surface area contributed by atoms with Crippen LogP contribution in [0.3, 0.4) is 0 Å². The molecule has 0 spiro atoms. The van der Waals surface area contributed by atoms with Crippen LogP contribution in [0.2, 0.25) is 0 Å². The van der Waals surface area contributed by atoms with E-state index in [1.54, 1.807) is 6.08 Å². The number of carbonyl (C=O) groups is 2. The number of benzene rings is 1. The Morgan fingerprint density at radius 1 is 1.00 bits per heavy atom. The number of ether oxygens (including phenoxy) is 1. The van der Waals surface area contributed by atoms with Gasteiger partial charge in [-0.25, -0.2) is 0 Å². The van der Waals surface area contributed by atoms with Gasteiger partial charge in [0.25, 0.3) is 0 Å². The van der Waals surface area contributed by atoms with Crippen LogP contribution in [0.4, 0.5) is 0 Å². The van der Waals surface area contributed by atoms with Crippen molar-refractivity contribution in [3.8, 4) is 0 Å². The Hall–Kier alpha value is -2.18. The fraction of sp³-hybridized carbons (Fsp3) is 0.615. The predicted octanol–water partition coefficient (Wildman–Crippen LogP) is 3.09. The number of nitrogens with one attached hydrogen (secondary N) is 1. The van der Waals surface area contributed by atoms with Crippen molar-refractivity contribution in [3.63, 3.8) is 0 Å². The topological polar surface area (TPSA) is 61.9 Å². The maximum atomic E-state index is 13.0. The van der Waals surface area contributed by atoms with Gasteiger partial charge in [-0.1, -0.05) is 49.6 Å². The van der Waals surface area contributed by atoms with Crippen molar-refractivity contribution >= 4 is 17.9 Å². The molecular formula is C26H37N3O3. The van der Waals surface area contributed by atoms with E-state index in [4.69, 9.17) is 4.74 Å². The first-order valence-corrected chi connectivity index (χ1v) is 12.3. The highest BCUT2D eigenvalue weighted by Crippen LogP contribution is 2.34. The molecule has 0 radical (unpaired) electrons. The van der Waals surface area contributed by atoms with Crippen LogP contribution in [0.5, 0.6) is 0 Å². The molecule has 1 aliphatic carbocycles. The summed E-state index contributed by atoms with van der Waals surface area (Å²) in [6.45, 7) is 5.54. The fourth-order valence-corrected chi connectivity index (χ4v) is 5.45. The van der Waals surface area contributed by atoms with E-state index in [0.29, 0.717) is 13.1 Å². The van der Waals surface area contributed by atoms with Crippen LogP contribution >= 0.6 is 0 Å². The van der Waals surface area contributed by atoms with E-state index in [9.17, 15) is 9.59 Å². The Kier molecular flexibility index (Phi) is 7.98. The van der Waals surface area contributed by atoms with Crippen molar-refractivity contribution in [2.75, 3.05) is 45.9 Å². The molecule has 2 amide bonds. The SMILES string of the molecule is O=C(NCC1(N2CCOCC2)CCCCC1)C1CCN(C(=O)C=Cc2ccccc2)CC1. The second-order valence-corrected chi connectivity index (χ2v) is 9.45. The van der Waals surface area contributed by atoms with Gasteiger partial charge in [0.2, 0.25) is 11.8 Å². The molecule has 2 heterocycles. The summed E-state index contributed by atoms with van der Waals surface area (Å²) in [7, 11) is 0. The monoisotopic (exact) mass is 439 g/mol. The highest BCUT2D eigenvalue weighted by Gasteiger charge is 2.39. The fourth-order valence-electron chi connectivity index (χ4n) is 5.45. The van der Waals surface area contributed by atoms with Crippen LogP contribution in [-0.4, -0.2) is 73.1 Å². The van der Waals surface area contributed by atoms with Crippen LogP contribution in [-0.2, 0) is 14.3 Å². The van der Waals surface area contributed by atoms with Gasteiger partial charge in [0.15, 0.2) is 0 Å². The van der Waals surface area contributed by atoms with Gasteiger partial charge in [0, 0.05) is 50.3 Å². The maximum absolute atomic E-state index is 13.0. The van der Waals surface area contributed by atoms with Crippen molar-refractivity contribution in [2.24, 2.45) is 5.92 Å². The minimum absolute atomic E-state index is 0.00230. The van der Waals surface area contributed by atoms with Gasteiger partial charge in [0.05, 0.1) is 13.2 Å². The number of nitrogens with zero attached hydrogens (tertiary/aromatic N) is 2. The highest BCUT2D eigenvalue weighted by molar-refractivity contribution is 5.92. The lowest BCUT2D eigenvalue weighted by Gasteiger charge is -2.48. The first-order valence-electron chi connectivity index (χ1n) is 12.3. The summed E-state index contributed by atoms with van der Waals surface area (Å²) in [5, 5.41) is 3.31. The number of carbonyl (C=O) groups excluding carboxylic acids is 2. The molecule has 174 valence electrons. The second-order valence-electron chi connectivity index (χ2n) is 9.45. The molecule has 0 unspecified atom stereocenters. The zero-order chi connectivity index (χ0) is 22.2. The largest absolute Gasteiger partial charge is 0.379 e. The van der Waals surface area contributed by atoms with Gasteiger partial charge in [-0.15, -0.1) is 0 Å². The molecule has 3 fully saturated rings. The normalized spacial score (nSPS) is 22.7. The van der Waals surface area contributed by atoms with E-state index < -0.39 is 0 Å². The number of piperidine rings is 1. The number of rotatable bonds is 6. The molecule has 4 rings (SSSR count). The lowest BCUT2D eigenvalue weighted by molar-refractivity contribution is -0.132. The number of morpholine rings is 1. The Labute approximate surface area is 192 Å². The summed E-state index contributed by atoms with van der Waals surface area (Å²) < 4.78 is 5.56. The van der Waals surface area contributed by atoms with Gasteiger partial charge in [0.1, 0.15) is 0 Å². The minimum atomic E-state index is 0.00230. The average molecular weight is 440 g/mol. The quantitative estimate of drug-likeness (QED) is 0.692. The van der Waals surface area contributed by atoms with E-state index in [1.807, 2.05) is 41.3 Å². The van der Waals surface area contributed by atoms with E-state index in [1.165, 1.54) is 19.3 Å². The molecule has 3 aliphatic rings. The van der Waals surface area contributed by atoms with Gasteiger partial charge < -0.3 is 15.0 Å². The molecule has 0 atom stereocenters. The molecule has 1 saturated carbocycles. The molecule has 1 aromatic rings. The van der Waals surface area contributed by atoms with E-state index in [2.05, 4.69) is 10.2 Å². The third-order valence-electron chi connectivity index (χ3n) is 7.45. The number of hydrogen-bond acceptors (Lipinski definition) is 4. The first-order chi connectivity index (χ1) is 15.7. The lowest BCUT2D eigenvalue weighted by Crippen LogP contribution is -2.60. The number of hydrogen-bond donors (Lipinski definition) is 1. The Balaban J connectivity index is 1.25. The van der Waals surface area contributed by atoms with Gasteiger partial charge in [-0.3, -0.25) is 14.5 Å². The molecular weight excluding hydrogens is 402 g/mol. The highest BCUT2D eigenvalue weighted by atomic mass is 16.5. The molecule has 2 aliphatic heterocycles. The smallest absolute Gasteiger partial charge is 0.246 e. The summed E-state index contributed by atoms with van der Waals surface area (Å²) >= 11 is 0. The van der Waals surface area contributed by atoms with Crippen LogP contribution in [0, 0.1) is 5.92 Å². The molecule has 2 saturated heterocycles.